The highest BCUT2D eigenvalue weighted by molar-refractivity contribution is 5.13. The third-order valence-corrected chi connectivity index (χ3v) is 2.39. The summed E-state index contributed by atoms with van der Waals surface area (Å²) in [4.78, 5) is 4.03. The van der Waals surface area contributed by atoms with E-state index in [2.05, 4.69) is 20.3 Å². The van der Waals surface area contributed by atoms with Crippen molar-refractivity contribution >= 4 is 0 Å². The number of aryl methyl sites for hydroxylation is 1. The molecule has 1 unspecified atom stereocenters. The third kappa shape index (κ3) is 2.56. The monoisotopic (exact) mass is 235 g/mol. The normalized spacial score (nSPS) is 12.4. The smallest absolute Gasteiger partial charge is 0.233 e. The average Bonchev–Trinajstić information content (AvgIpc) is 2.75. The van der Waals surface area contributed by atoms with Gasteiger partial charge in [0.15, 0.2) is 0 Å². The van der Waals surface area contributed by atoms with Crippen LogP contribution in [0.3, 0.4) is 0 Å². The van der Waals surface area contributed by atoms with Crippen LogP contribution in [0.15, 0.2) is 18.5 Å². The SMILES string of the molecule is COc1ccc(C(O)Cc2ncnn2C)nn1. The first kappa shape index (κ1) is 11.5. The predicted octanol–water partition coefficient (Wildman–Crippen LogP) is -0.110. The van der Waals surface area contributed by atoms with Crippen molar-refractivity contribution in [3.05, 3.63) is 30.0 Å². The van der Waals surface area contributed by atoms with Crippen molar-refractivity contribution in [3.8, 4) is 5.88 Å². The van der Waals surface area contributed by atoms with E-state index in [0.717, 1.165) is 0 Å². The maximum atomic E-state index is 9.96. The number of ether oxygens (including phenoxy) is 1. The van der Waals surface area contributed by atoms with Gasteiger partial charge in [-0.2, -0.15) is 5.10 Å². The molecule has 0 fully saturated rings. The van der Waals surface area contributed by atoms with Crippen LogP contribution in [0.2, 0.25) is 0 Å². The lowest BCUT2D eigenvalue weighted by Crippen LogP contribution is -2.09. The van der Waals surface area contributed by atoms with Crippen molar-refractivity contribution in [2.24, 2.45) is 7.05 Å². The van der Waals surface area contributed by atoms with Crippen molar-refractivity contribution < 1.29 is 9.84 Å². The summed E-state index contributed by atoms with van der Waals surface area (Å²) in [5.74, 6) is 1.11. The van der Waals surface area contributed by atoms with E-state index in [9.17, 15) is 5.11 Å². The Morgan fingerprint density at radius 1 is 1.41 bits per heavy atom. The Hall–Kier alpha value is -2.02. The van der Waals surface area contributed by atoms with Gasteiger partial charge in [0, 0.05) is 19.5 Å². The van der Waals surface area contributed by atoms with Gasteiger partial charge < -0.3 is 9.84 Å². The second-order valence-corrected chi connectivity index (χ2v) is 3.52. The van der Waals surface area contributed by atoms with E-state index in [1.165, 1.54) is 13.4 Å². The van der Waals surface area contributed by atoms with Crippen molar-refractivity contribution in [3.63, 3.8) is 0 Å². The van der Waals surface area contributed by atoms with Gasteiger partial charge in [-0.25, -0.2) is 4.98 Å². The summed E-state index contributed by atoms with van der Waals surface area (Å²) < 4.78 is 6.50. The van der Waals surface area contributed by atoms with Crippen LogP contribution in [0.25, 0.3) is 0 Å². The van der Waals surface area contributed by atoms with Crippen LogP contribution in [0.5, 0.6) is 5.88 Å². The fourth-order valence-corrected chi connectivity index (χ4v) is 1.40. The fourth-order valence-electron chi connectivity index (χ4n) is 1.40. The molecule has 0 aliphatic rings. The molecule has 7 nitrogen and oxygen atoms in total. The van der Waals surface area contributed by atoms with Crippen LogP contribution in [-0.4, -0.2) is 37.2 Å². The summed E-state index contributed by atoms with van der Waals surface area (Å²) in [7, 11) is 3.29. The Morgan fingerprint density at radius 3 is 2.76 bits per heavy atom. The molecule has 0 aromatic carbocycles. The molecule has 0 spiro atoms. The van der Waals surface area contributed by atoms with Gasteiger partial charge in [0.05, 0.1) is 12.8 Å². The predicted molar refractivity (Wildman–Crippen MR) is 58.3 cm³/mol. The average molecular weight is 235 g/mol. The van der Waals surface area contributed by atoms with Crippen LogP contribution >= 0.6 is 0 Å². The van der Waals surface area contributed by atoms with E-state index in [4.69, 9.17) is 4.74 Å². The molecule has 2 heterocycles. The molecular weight excluding hydrogens is 222 g/mol. The molecule has 1 atom stereocenters. The lowest BCUT2D eigenvalue weighted by Gasteiger charge is -2.08. The summed E-state index contributed by atoms with van der Waals surface area (Å²) in [6.07, 6.45) is 1.04. The highest BCUT2D eigenvalue weighted by Gasteiger charge is 2.14. The van der Waals surface area contributed by atoms with Crippen molar-refractivity contribution in [1.82, 2.24) is 25.0 Å². The first-order valence-corrected chi connectivity index (χ1v) is 5.09. The van der Waals surface area contributed by atoms with Crippen LogP contribution < -0.4 is 4.74 Å². The largest absolute Gasteiger partial charge is 0.480 e. The van der Waals surface area contributed by atoms with Gasteiger partial charge in [-0.1, -0.05) is 0 Å². The molecule has 2 rings (SSSR count). The quantitative estimate of drug-likeness (QED) is 0.795. The molecule has 17 heavy (non-hydrogen) atoms. The molecule has 0 radical (unpaired) electrons. The fraction of sp³-hybridized carbons (Fsp3) is 0.400. The number of aliphatic hydroxyl groups is 1. The highest BCUT2D eigenvalue weighted by atomic mass is 16.5. The second-order valence-electron chi connectivity index (χ2n) is 3.52. The minimum atomic E-state index is -0.753. The number of nitrogens with zero attached hydrogens (tertiary/aromatic N) is 5. The minimum absolute atomic E-state index is 0.345. The lowest BCUT2D eigenvalue weighted by molar-refractivity contribution is 0.168. The van der Waals surface area contributed by atoms with Gasteiger partial charge in [0.1, 0.15) is 18.3 Å². The van der Waals surface area contributed by atoms with Crippen LogP contribution in [-0.2, 0) is 13.5 Å². The molecule has 0 saturated carbocycles. The zero-order valence-corrected chi connectivity index (χ0v) is 9.61. The molecule has 90 valence electrons. The molecule has 0 bridgehead atoms. The van der Waals surface area contributed by atoms with E-state index in [0.29, 0.717) is 23.8 Å². The van der Waals surface area contributed by atoms with Crippen molar-refractivity contribution in [2.45, 2.75) is 12.5 Å². The number of rotatable bonds is 4. The Balaban J connectivity index is 2.09. The highest BCUT2D eigenvalue weighted by Crippen LogP contribution is 2.15. The van der Waals surface area contributed by atoms with E-state index in [1.807, 2.05) is 0 Å². The first-order chi connectivity index (χ1) is 8.20. The number of aromatic nitrogens is 5. The maximum Gasteiger partial charge on any atom is 0.233 e. The molecule has 0 aliphatic heterocycles. The molecule has 2 aromatic heterocycles. The molecule has 2 aromatic rings. The topological polar surface area (TPSA) is 86.0 Å². The van der Waals surface area contributed by atoms with E-state index < -0.39 is 6.10 Å². The van der Waals surface area contributed by atoms with E-state index in [1.54, 1.807) is 23.9 Å². The van der Waals surface area contributed by atoms with Gasteiger partial charge in [0.2, 0.25) is 5.88 Å². The number of hydrogen-bond acceptors (Lipinski definition) is 6. The Kier molecular flexibility index (Phi) is 3.29. The summed E-state index contributed by atoms with van der Waals surface area (Å²) in [5.41, 5.74) is 0.480. The maximum absolute atomic E-state index is 9.96. The molecule has 0 aliphatic carbocycles. The van der Waals surface area contributed by atoms with Crippen molar-refractivity contribution in [2.75, 3.05) is 7.11 Å². The molecule has 7 heteroatoms. The summed E-state index contributed by atoms with van der Waals surface area (Å²) in [6, 6.07) is 3.33. The van der Waals surface area contributed by atoms with E-state index >= 15 is 0 Å². The minimum Gasteiger partial charge on any atom is -0.480 e. The summed E-state index contributed by atoms with van der Waals surface area (Å²) in [5, 5.41) is 21.6. The molecule has 1 N–H and O–H groups in total. The number of hydrogen-bond donors (Lipinski definition) is 1. The lowest BCUT2D eigenvalue weighted by atomic mass is 10.2. The Bertz CT molecular complexity index is 482. The first-order valence-electron chi connectivity index (χ1n) is 5.09. The molecule has 0 saturated heterocycles. The summed E-state index contributed by atoms with van der Waals surface area (Å²) in [6.45, 7) is 0. The number of methoxy groups -OCH3 is 1. The van der Waals surface area contributed by atoms with Gasteiger partial charge in [-0.15, -0.1) is 10.2 Å². The van der Waals surface area contributed by atoms with Gasteiger partial charge in [0.25, 0.3) is 0 Å². The molecule has 0 amide bonds. The second kappa shape index (κ2) is 4.88. The van der Waals surface area contributed by atoms with Gasteiger partial charge in [-0.05, 0) is 6.07 Å². The van der Waals surface area contributed by atoms with E-state index in [-0.39, 0.29) is 0 Å². The number of aliphatic hydroxyl groups excluding tert-OH is 1. The molecular formula is C10H13N5O2. The third-order valence-electron chi connectivity index (χ3n) is 2.39. The van der Waals surface area contributed by atoms with Crippen molar-refractivity contribution in [1.29, 1.82) is 0 Å². The van der Waals surface area contributed by atoms with Gasteiger partial charge in [-0.3, -0.25) is 4.68 Å². The zero-order chi connectivity index (χ0) is 12.3. The van der Waals surface area contributed by atoms with Gasteiger partial charge >= 0.3 is 0 Å². The summed E-state index contributed by atoms with van der Waals surface area (Å²) >= 11 is 0. The standard InChI is InChI=1S/C10H13N5O2/c1-15-9(11-6-12-15)5-8(16)7-3-4-10(17-2)14-13-7/h3-4,6,8,16H,5H2,1-2H3. The zero-order valence-electron chi connectivity index (χ0n) is 9.61. The van der Waals surface area contributed by atoms with Crippen LogP contribution in [0.4, 0.5) is 0 Å². The van der Waals surface area contributed by atoms with Crippen LogP contribution in [0, 0.1) is 0 Å². The Morgan fingerprint density at radius 2 is 2.24 bits per heavy atom. The van der Waals surface area contributed by atoms with Crippen LogP contribution in [0.1, 0.15) is 17.6 Å². The Labute approximate surface area is 98.1 Å².